The fourth-order valence-electron chi connectivity index (χ4n) is 4.74. The van der Waals surface area contributed by atoms with Crippen molar-refractivity contribution in [2.45, 2.75) is 32.2 Å². The van der Waals surface area contributed by atoms with E-state index in [-0.39, 0.29) is 11.5 Å². The molecular weight excluding hydrogens is 364 g/mol. The second kappa shape index (κ2) is 7.39. The Hall–Kier alpha value is -3.08. The van der Waals surface area contributed by atoms with Crippen LogP contribution in [0.1, 0.15) is 37.1 Å². The molecule has 2 aliphatic carbocycles. The summed E-state index contributed by atoms with van der Waals surface area (Å²) in [5.41, 5.74) is 5.00. The van der Waals surface area contributed by atoms with E-state index in [0.717, 1.165) is 41.2 Å². The Bertz CT molecular complexity index is 1070. The number of methoxy groups -OCH3 is 2. The summed E-state index contributed by atoms with van der Waals surface area (Å²) in [6.45, 7) is 4.24. The van der Waals surface area contributed by atoms with E-state index in [9.17, 15) is 4.79 Å². The van der Waals surface area contributed by atoms with Gasteiger partial charge in [0.2, 0.25) is 5.56 Å². The molecule has 2 aliphatic rings. The molecule has 2 aromatic rings. The van der Waals surface area contributed by atoms with Crippen molar-refractivity contribution in [3.05, 3.63) is 80.8 Å². The molecule has 0 amide bonds. The van der Waals surface area contributed by atoms with Crippen LogP contribution in [0.25, 0.3) is 0 Å². The number of hydrogen-bond donors (Lipinski definition) is 1. The Morgan fingerprint density at radius 1 is 1.17 bits per heavy atom. The van der Waals surface area contributed by atoms with Gasteiger partial charge in [0.15, 0.2) is 0 Å². The van der Waals surface area contributed by atoms with Crippen LogP contribution in [0.15, 0.2) is 63.4 Å². The highest BCUT2D eigenvalue weighted by molar-refractivity contribution is 5.82. The number of ether oxygens (including phenoxy) is 2. The molecule has 1 heterocycles. The number of allylic oxidation sites excluding steroid dienone is 2. The third-order valence-corrected chi connectivity index (χ3v) is 5.89. The van der Waals surface area contributed by atoms with E-state index in [1.54, 1.807) is 20.3 Å². The lowest BCUT2D eigenvalue weighted by Gasteiger charge is -2.45. The van der Waals surface area contributed by atoms with Crippen molar-refractivity contribution >= 4 is 6.21 Å². The summed E-state index contributed by atoms with van der Waals surface area (Å²) in [6.07, 6.45) is 7.98. The van der Waals surface area contributed by atoms with Gasteiger partial charge in [-0.1, -0.05) is 17.7 Å². The summed E-state index contributed by atoms with van der Waals surface area (Å²) >= 11 is 0. The first kappa shape index (κ1) is 19.2. The molecule has 5 nitrogen and oxygen atoms in total. The van der Waals surface area contributed by atoms with Gasteiger partial charge in [0.05, 0.1) is 14.2 Å². The minimum atomic E-state index is -0.508. The van der Waals surface area contributed by atoms with Crippen molar-refractivity contribution in [1.82, 2.24) is 4.98 Å². The van der Waals surface area contributed by atoms with E-state index in [1.165, 1.54) is 11.1 Å². The number of aliphatic imine (C=N–C) groups is 1. The molecule has 1 aromatic heterocycles. The molecular formula is C24H26N2O3. The van der Waals surface area contributed by atoms with Crippen LogP contribution in [-0.4, -0.2) is 25.4 Å². The topological polar surface area (TPSA) is 63.7 Å². The number of aromatic amines is 1. The Balaban J connectivity index is 1.88. The lowest BCUT2D eigenvalue weighted by atomic mass is 9.63. The molecule has 29 heavy (non-hydrogen) atoms. The van der Waals surface area contributed by atoms with E-state index < -0.39 is 5.54 Å². The highest BCUT2D eigenvalue weighted by atomic mass is 16.5. The molecule has 0 radical (unpaired) electrons. The van der Waals surface area contributed by atoms with Crippen molar-refractivity contribution in [3.8, 4) is 11.5 Å². The Morgan fingerprint density at radius 2 is 1.90 bits per heavy atom. The average molecular weight is 390 g/mol. The number of H-pyrrole nitrogens is 1. The van der Waals surface area contributed by atoms with Gasteiger partial charge in [0, 0.05) is 41.9 Å². The first-order chi connectivity index (χ1) is 14.0. The summed E-state index contributed by atoms with van der Waals surface area (Å²) in [5.74, 6) is 1.69. The number of hydrogen-bond acceptors (Lipinski definition) is 4. The van der Waals surface area contributed by atoms with Crippen LogP contribution in [-0.2, 0) is 12.0 Å². The normalized spacial score (nSPS) is 24.3. The number of fused-ring (bicyclic) bond motifs is 4. The van der Waals surface area contributed by atoms with Crippen LogP contribution in [0.3, 0.4) is 0 Å². The lowest BCUT2D eigenvalue weighted by molar-refractivity contribution is 0.394. The molecule has 1 N–H and O–H groups in total. The predicted octanol–water partition coefficient (Wildman–Crippen LogP) is 4.18. The maximum absolute atomic E-state index is 11.9. The van der Waals surface area contributed by atoms with Gasteiger partial charge < -0.3 is 14.5 Å². The van der Waals surface area contributed by atoms with Crippen LogP contribution in [0.4, 0.5) is 0 Å². The first-order valence-electron chi connectivity index (χ1n) is 9.84. The lowest BCUT2D eigenvalue weighted by Crippen LogP contribution is -2.40. The number of pyridine rings is 1. The highest BCUT2D eigenvalue weighted by Crippen LogP contribution is 2.51. The molecule has 2 bridgehead atoms. The second-order valence-corrected chi connectivity index (χ2v) is 7.72. The van der Waals surface area contributed by atoms with E-state index >= 15 is 0 Å². The molecule has 0 fully saturated rings. The van der Waals surface area contributed by atoms with Gasteiger partial charge in [-0.25, -0.2) is 0 Å². The fourth-order valence-corrected chi connectivity index (χ4v) is 4.74. The minimum Gasteiger partial charge on any atom is -0.497 e. The first-order valence-corrected chi connectivity index (χ1v) is 9.84. The number of nitrogens with zero attached hydrogens (tertiary/aromatic N) is 1. The van der Waals surface area contributed by atoms with Crippen molar-refractivity contribution in [2.75, 3.05) is 14.2 Å². The Morgan fingerprint density at radius 3 is 2.55 bits per heavy atom. The van der Waals surface area contributed by atoms with E-state index in [0.29, 0.717) is 0 Å². The third-order valence-electron chi connectivity index (χ3n) is 5.89. The van der Waals surface area contributed by atoms with Crippen molar-refractivity contribution in [3.63, 3.8) is 0 Å². The monoisotopic (exact) mass is 390 g/mol. The molecule has 0 saturated heterocycles. The summed E-state index contributed by atoms with van der Waals surface area (Å²) in [5, 5.41) is 0. The molecule has 1 aromatic carbocycles. The summed E-state index contributed by atoms with van der Waals surface area (Å²) in [6, 6.07) is 9.27. The molecule has 4 rings (SSSR count). The average Bonchev–Trinajstić information content (AvgIpc) is 2.71. The van der Waals surface area contributed by atoms with Gasteiger partial charge in [-0.15, -0.1) is 0 Å². The van der Waals surface area contributed by atoms with Crippen LogP contribution in [0.2, 0.25) is 0 Å². The molecule has 0 aliphatic heterocycles. The Kier molecular flexibility index (Phi) is 4.91. The largest absolute Gasteiger partial charge is 0.497 e. The smallest absolute Gasteiger partial charge is 0.248 e. The quantitative estimate of drug-likeness (QED) is 0.629. The van der Waals surface area contributed by atoms with Gasteiger partial charge in [0.1, 0.15) is 17.0 Å². The highest BCUT2D eigenvalue weighted by Gasteiger charge is 2.46. The SMILES string of the molecule is C/C=C1\[C@H]2C=C(C)C[C@]1(N=Cc1cc(OC)cc(OC)c1)c1ccc(=O)[nH]c1C2. The number of rotatable bonds is 4. The molecule has 0 saturated carbocycles. The molecule has 150 valence electrons. The van der Waals surface area contributed by atoms with Crippen molar-refractivity contribution < 1.29 is 9.47 Å². The zero-order valence-electron chi connectivity index (χ0n) is 17.3. The molecule has 0 spiro atoms. The summed E-state index contributed by atoms with van der Waals surface area (Å²) in [7, 11) is 3.28. The van der Waals surface area contributed by atoms with E-state index in [2.05, 4.69) is 31.0 Å². The van der Waals surface area contributed by atoms with Crippen LogP contribution < -0.4 is 15.0 Å². The molecule has 5 heteroatoms. The Labute approximate surface area is 170 Å². The van der Waals surface area contributed by atoms with Crippen LogP contribution in [0.5, 0.6) is 11.5 Å². The van der Waals surface area contributed by atoms with Gasteiger partial charge in [-0.3, -0.25) is 9.79 Å². The maximum Gasteiger partial charge on any atom is 0.248 e. The van der Waals surface area contributed by atoms with Crippen molar-refractivity contribution in [2.24, 2.45) is 10.9 Å². The van der Waals surface area contributed by atoms with Gasteiger partial charge in [-0.05, 0) is 49.6 Å². The van der Waals surface area contributed by atoms with Gasteiger partial charge in [0.25, 0.3) is 0 Å². The zero-order valence-corrected chi connectivity index (χ0v) is 17.3. The van der Waals surface area contributed by atoms with Crippen LogP contribution in [0, 0.1) is 5.92 Å². The molecule has 2 atom stereocenters. The van der Waals surface area contributed by atoms with Gasteiger partial charge >= 0.3 is 0 Å². The number of benzene rings is 1. The minimum absolute atomic E-state index is 0.0666. The fraction of sp³-hybridized carbons (Fsp3) is 0.333. The third kappa shape index (κ3) is 3.31. The van der Waals surface area contributed by atoms with E-state index in [1.807, 2.05) is 30.5 Å². The maximum atomic E-state index is 11.9. The molecule has 0 unspecified atom stereocenters. The van der Waals surface area contributed by atoms with Gasteiger partial charge in [-0.2, -0.15) is 0 Å². The van der Waals surface area contributed by atoms with E-state index in [4.69, 9.17) is 14.5 Å². The summed E-state index contributed by atoms with van der Waals surface area (Å²) in [4.78, 5) is 20.2. The second-order valence-electron chi connectivity index (χ2n) is 7.72. The summed E-state index contributed by atoms with van der Waals surface area (Å²) < 4.78 is 10.8. The number of aromatic nitrogens is 1. The zero-order chi connectivity index (χ0) is 20.6. The number of nitrogens with one attached hydrogen (secondary N) is 1. The predicted molar refractivity (Wildman–Crippen MR) is 115 cm³/mol. The van der Waals surface area contributed by atoms with Crippen molar-refractivity contribution in [1.29, 1.82) is 0 Å². The van der Waals surface area contributed by atoms with Crippen LogP contribution >= 0.6 is 0 Å². The standard InChI is InChI=1S/C24H26N2O3/c1-5-20-17-8-15(2)13-24(20,21-6-7-23(27)26-22(21)11-17)25-14-16-9-18(28-3)12-19(10-16)29-4/h5-10,12,14,17H,11,13H2,1-4H3,(H,26,27)/b20-5+,25-14?/t17-,24+/m0/s1.